The summed E-state index contributed by atoms with van der Waals surface area (Å²) in [7, 11) is -3.31. The van der Waals surface area contributed by atoms with Crippen LogP contribution in [0.2, 0.25) is 39.3 Å². The highest BCUT2D eigenvalue weighted by molar-refractivity contribution is 6.70. The van der Waals surface area contributed by atoms with Crippen molar-refractivity contribution < 1.29 is 13.6 Å². The molecule has 0 aliphatic heterocycles. The summed E-state index contributed by atoms with van der Waals surface area (Å²) in [6.07, 6.45) is 5.22. The molecule has 1 aromatic rings. The van der Waals surface area contributed by atoms with E-state index in [4.69, 9.17) is 8.85 Å². The molecule has 0 unspecified atom stereocenters. The monoisotopic (exact) mass is 430 g/mol. The molecule has 29 heavy (non-hydrogen) atoms. The van der Waals surface area contributed by atoms with Crippen LogP contribution in [0.5, 0.6) is 5.75 Å². The third kappa shape index (κ3) is 4.02. The first-order chi connectivity index (χ1) is 13.4. The minimum absolute atomic E-state index is 0.163. The number of carbonyl (C=O) groups is 1. The first-order valence-electron chi connectivity index (χ1n) is 11.4. The topological polar surface area (TPSA) is 35.5 Å². The van der Waals surface area contributed by atoms with Gasteiger partial charge in [0, 0.05) is 5.41 Å². The highest BCUT2D eigenvalue weighted by atomic mass is 28.4. The number of hydrogen-bond donors (Lipinski definition) is 0. The summed E-state index contributed by atoms with van der Waals surface area (Å²) >= 11 is 0. The molecule has 3 aliphatic rings. The standard InChI is InChI=1S/C24H38O3Si2/c1-24-13-12-19-18-11-9-17(26-28(2,3)4)14-16(18)8-10-20(19)21(24)15-22(23(24)25)27-29(5,6)7/h9,11,14,19-22H,8,10,12-13,15H2,1-7H3/t19-,20-,21+,22-,24+/m1/s1. The smallest absolute Gasteiger partial charge is 0.242 e. The molecular formula is C24H38O3Si2. The average Bonchev–Trinajstić information content (AvgIpc) is 2.83. The van der Waals surface area contributed by atoms with Gasteiger partial charge < -0.3 is 8.85 Å². The summed E-state index contributed by atoms with van der Waals surface area (Å²) in [4.78, 5) is 13.3. The van der Waals surface area contributed by atoms with E-state index in [1.54, 1.807) is 0 Å². The Hall–Kier alpha value is -0.916. The largest absolute Gasteiger partial charge is 0.544 e. The number of hydrogen-bond acceptors (Lipinski definition) is 3. The molecule has 2 fully saturated rings. The zero-order valence-corrected chi connectivity index (χ0v) is 21.3. The van der Waals surface area contributed by atoms with Crippen LogP contribution < -0.4 is 4.43 Å². The van der Waals surface area contributed by atoms with Crippen LogP contribution >= 0.6 is 0 Å². The molecule has 0 spiro atoms. The van der Waals surface area contributed by atoms with Crippen LogP contribution in [-0.4, -0.2) is 28.5 Å². The number of rotatable bonds is 4. The van der Waals surface area contributed by atoms with Gasteiger partial charge in [0.25, 0.3) is 0 Å². The lowest BCUT2D eigenvalue weighted by Crippen LogP contribution is -2.43. The number of benzene rings is 1. The Morgan fingerprint density at radius 3 is 2.41 bits per heavy atom. The lowest BCUT2D eigenvalue weighted by atomic mass is 9.55. The van der Waals surface area contributed by atoms with E-state index in [1.807, 2.05) is 0 Å². The van der Waals surface area contributed by atoms with Crippen LogP contribution in [0.25, 0.3) is 0 Å². The molecule has 4 rings (SSSR count). The number of carbonyl (C=O) groups excluding carboxylic acids is 1. The molecule has 160 valence electrons. The molecule has 0 aromatic heterocycles. The molecule has 3 aliphatic carbocycles. The molecule has 0 amide bonds. The molecule has 0 saturated heterocycles. The normalized spacial score (nSPS) is 34.4. The van der Waals surface area contributed by atoms with Crippen molar-refractivity contribution in [2.24, 2.45) is 17.3 Å². The maximum atomic E-state index is 13.3. The third-order valence-corrected chi connectivity index (χ3v) is 9.17. The quantitative estimate of drug-likeness (QED) is 0.537. The molecule has 0 heterocycles. The number of aryl methyl sites for hydroxylation is 1. The summed E-state index contributed by atoms with van der Waals surface area (Å²) in [5.74, 6) is 3.12. The first-order valence-corrected chi connectivity index (χ1v) is 18.2. The molecule has 0 bridgehead atoms. The van der Waals surface area contributed by atoms with Crippen molar-refractivity contribution >= 4 is 22.4 Å². The van der Waals surface area contributed by atoms with Crippen molar-refractivity contribution in [2.45, 2.75) is 90.3 Å². The van der Waals surface area contributed by atoms with E-state index in [-0.39, 0.29) is 11.5 Å². The lowest BCUT2D eigenvalue weighted by Gasteiger charge is -2.48. The minimum Gasteiger partial charge on any atom is -0.544 e. The number of fused-ring (bicyclic) bond motifs is 5. The van der Waals surface area contributed by atoms with Crippen molar-refractivity contribution in [1.82, 2.24) is 0 Å². The summed E-state index contributed by atoms with van der Waals surface area (Å²) < 4.78 is 12.6. The lowest BCUT2D eigenvalue weighted by molar-refractivity contribution is -0.134. The van der Waals surface area contributed by atoms with Gasteiger partial charge in [0.05, 0.1) is 0 Å². The maximum Gasteiger partial charge on any atom is 0.242 e. The van der Waals surface area contributed by atoms with Gasteiger partial charge in [-0.25, -0.2) is 0 Å². The van der Waals surface area contributed by atoms with Crippen molar-refractivity contribution in [3.8, 4) is 5.75 Å². The van der Waals surface area contributed by atoms with Gasteiger partial charge in [-0.3, -0.25) is 4.79 Å². The van der Waals surface area contributed by atoms with Gasteiger partial charge in [-0.15, -0.1) is 0 Å². The van der Waals surface area contributed by atoms with Gasteiger partial charge >= 0.3 is 0 Å². The molecular weight excluding hydrogens is 392 g/mol. The van der Waals surface area contributed by atoms with E-state index >= 15 is 0 Å². The zero-order valence-electron chi connectivity index (χ0n) is 19.3. The van der Waals surface area contributed by atoms with E-state index < -0.39 is 16.6 Å². The molecule has 0 N–H and O–H groups in total. The Morgan fingerprint density at radius 1 is 1.03 bits per heavy atom. The molecule has 0 radical (unpaired) electrons. The van der Waals surface area contributed by atoms with E-state index in [2.05, 4.69) is 64.4 Å². The second kappa shape index (κ2) is 7.06. The van der Waals surface area contributed by atoms with E-state index in [9.17, 15) is 4.79 Å². The predicted octanol–water partition coefficient (Wildman–Crippen LogP) is 6.16. The van der Waals surface area contributed by atoms with Crippen LogP contribution in [0.3, 0.4) is 0 Å². The van der Waals surface area contributed by atoms with Gasteiger partial charge in [0.1, 0.15) is 11.9 Å². The Kier molecular flexibility index (Phi) is 5.19. The zero-order chi connectivity index (χ0) is 21.2. The number of Topliss-reactive ketones (excluding diaryl/α,β-unsaturated/α-hetero) is 1. The molecule has 5 atom stereocenters. The van der Waals surface area contributed by atoms with E-state index in [0.29, 0.717) is 23.5 Å². The van der Waals surface area contributed by atoms with Crippen molar-refractivity contribution in [3.05, 3.63) is 29.3 Å². The summed E-state index contributed by atoms with van der Waals surface area (Å²) in [5.41, 5.74) is 2.82. The molecule has 5 heteroatoms. The van der Waals surface area contributed by atoms with Crippen LogP contribution in [0.4, 0.5) is 0 Å². The summed E-state index contributed by atoms with van der Waals surface area (Å²) in [6, 6.07) is 6.82. The molecule has 1 aromatic carbocycles. The van der Waals surface area contributed by atoms with Crippen molar-refractivity contribution in [2.75, 3.05) is 0 Å². The highest BCUT2D eigenvalue weighted by Gasteiger charge is 2.58. The first kappa shape index (κ1) is 21.3. The fourth-order valence-electron chi connectivity index (χ4n) is 6.27. The Balaban J connectivity index is 1.58. The Morgan fingerprint density at radius 2 is 1.76 bits per heavy atom. The van der Waals surface area contributed by atoms with Gasteiger partial charge in [-0.2, -0.15) is 0 Å². The van der Waals surface area contributed by atoms with Crippen LogP contribution in [0, 0.1) is 17.3 Å². The summed E-state index contributed by atoms with van der Waals surface area (Å²) in [5, 5.41) is 0. The van der Waals surface area contributed by atoms with Crippen molar-refractivity contribution in [1.29, 1.82) is 0 Å². The van der Waals surface area contributed by atoms with Gasteiger partial charge in [0.15, 0.2) is 14.1 Å². The van der Waals surface area contributed by atoms with Gasteiger partial charge in [0.2, 0.25) is 8.32 Å². The Bertz CT molecular complexity index is 807. The third-order valence-electron chi connectivity index (χ3n) is 7.33. The molecule has 3 nitrogen and oxygen atoms in total. The van der Waals surface area contributed by atoms with Crippen molar-refractivity contribution in [3.63, 3.8) is 0 Å². The van der Waals surface area contributed by atoms with Crippen LogP contribution in [0.1, 0.15) is 49.7 Å². The fourth-order valence-corrected chi connectivity index (χ4v) is 8.16. The number of ketones is 1. The highest BCUT2D eigenvalue weighted by Crippen LogP contribution is 2.60. The average molecular weight is 431 g/mol. The fraction of sp³-hybridized carbons (Fsp3) is 0.708. The van der Waals surface area contributed by atoms with Gasteiger partial charge in [-0.1, -0.05) is 13.0 Å². The van der Waals surface area contributed by atoms with Crippen LogP contribution in [-0.2, 0) is 15.6 Å². The van der Waals surface area contributed by atoms with Crippen LogP contribution in [0.15, 0.2) is 18.2 Å². The van der Waals surface area contributed by atoms with E-state index in [0.717, 1.165) is 31.4 Å². The van der Waals surface area contributed by atoms with E-state index in [1.165, 1.54) is 17.5 Å². The Labute approximate surface area is 178 Å². The van der Waals surface area contributed by atoms with Gasteiger partial charge in [-0.05, 0) is 112 Å². The maximum absolute atomic E-state index is 13.3. The SMILES string of the molecule is C[C@]12CC[C@@H]3c4ccc(O[Si](C)(C)C)cc4CC[C@H]3[C@@H]1C[C@@H](O[Si](C)(C)C)C2=O. The second-order valence-corrected chi connectivity index (χ2v) is 20.7. The second-order valence-electron chi connectivity index (χ2n) is 11.8. The summed E-state index contributed by atoms with van der Waals surface area (Å²) in [6.45, 7) is 15.5. The minimum atomic E-state index is -1.72. The molecule has 2 saturated carbocycles. The predicted molar refractivity (Wildman–Crippen MR) is 124 cm³/mol.